The molecule has 2 aromatic rings. The molecular formula is C13H18N4O. The molecule has 5 nitrogen and oxygen atoms in total. The molecule has 0 fully saturated rings. The molecule has 0 aliphatic heterocycles. The highest BCUT2D eigenvalue weighted by Crippen LogP contribution is 2.07. The first kappa shape index (κ1) is 12.4. The van der Waals surface area contributed by atoms with E-state index in [2.05, 4.69) is 27.5 Å². The van der Waals surface area contributed by atoms with Crippen molar-refractivity contribution in [3.05, 3.63) is 36.5 Å². The summed E-state index contributed by atoms with van der Waals surface area (Å²) in [6.45, 7) is 3.80. The first-order valence-corrected chi connectivity index (χ1v) is 6.20. The van der Waals surface area contributed by atoms with Gasteiger partial charge in [0, 0.05) is 19.5 Å². The van der Waals surface area contributed by atoms with Crippen molar-refractivity contribution in [3.63, 3.8) is 0 Å². The number of anilines is 2. The normalized spacial score (nSPS) is 10.3. The number of hydrogen-bond donors (Lipinski definition) is 2. The van der Waals surface area contributed by atoms with E-state index in [4.69, 9.17) is 4.42 Å². The van der Waals surface area contributed by atoms with Gasteiger partial charge in [-0.05, 0) is 18.6 Å². The summed E-state index contributed by atoms with van der Waals surface area (Å²) < 4.78 is 5.26. The molecule has 0 atom stereocenters. The zero-order valence-electron chi connectivity index (χ0n) is 10.5. The van der Waals surface area contributed by atoms with Crippen molar-refractivity contribution in [1.82, 2.24) is 9.97 Å². The summed E-state index contributed by atoms with van der Waals surface area (Å²) in [6, 6.07) is 3.86. The molecule has 0 unspecified atom stereocenters. The highest BCUT2D eigenvalue weighted by atomic mass is 16.3. The van der Waals surface area contributed by atoms with E-state index >= 15 is 0 Å². The molecule has 0 spiro atoms. The van der Waals surface area contributed by atoms with Gasteiger partial charge < -0.3 is 15.1 Å². The lowest BCUT2D eigenvalue weighted by molar-refractivity contribution is 0.513. The second-order valence-corrected chi connectivity index (χ2v) is 3.97. The number of furan rings is 1. The molecule has 2 N–H and O–H groups in total. The summed E-state index contributed by atoms with van der Waals surface area (Å²) >= 11 is 0. The van der Waals surface area contributed by atoms with E-state index < -0.39 is 0 Å². The maximum Gasteiger partial charge on any atom is 0.146 e. The molecule has 0 amide bonds. The molecule has 0 saturated carbocycles. The summed E-state index contributed by atoms with van der Waals surface area (Å²) in [6.07, 6.45) is 7.04. The fraction of sp³-hybridized carbons (Fsp3) is 0.385. The molecule has 5 heteroatoms. The summed E-state index contributed by atoms with van der Waals surface area (Å²) in [5.74, 6) is 2.55. The lowest BCUT2D eigenvalue weighted by atomic mass is 10.3. The molecule has 2 rings (SSSR count). The third-order valence-corrected chi connectivity index (χ3v) is 2.45. The lowest BCUT2D eigenvalue weighted by Crippen LogP contribution is -2.08. The standard InChI is InChI=1S/C13H18N4O/c1-2-6-15-12-9-14-10-13(17-12)16-7-5-11-4-3-8-18-11/h3-4,8-10H,2,5-7H2,1H3,(H2,15,16,17). The molecule has 0 bridgehead atoms. The molecule has 0 aliphatic rings. The van der Waals surface area contributed by atoms with Crippen LogP contribution in [0.25, 0.3) is 0 Å². The van der Waals surface area contributed by atoms with Crippen LogP contribution in [0.15, 0.2) is 35.2 Å². The summed E-state index contributed by atoms with van der Waals surface area (Å²) in [5.41, 5.74) is 0. The van der Waals surface area contributed by atoms with E-state index in [9.17, 15) is 0 Å². The largest absolute Gasteiger partial charge is 0.469 e. The van der Waals surface area contributed by atoms with E-state index in [1.807, 2.05) is 12.1 Å². The smallest absolute Gasteiger partial charge is 0.146 e. The summed E-state index contributed by atoms with van der Waals surface area (Å²) in [7, 11) is 0. The van der Waals surface area contributed by atoms with Crippen molar-refractivity contribution >= 4 is 11.6 Å². The van der Waals surface area contributed by atoms with Crippen molar-refractivity contribution in [2.45, 2.75) is 19.8 Å². The van der Waals surface area contributed by atoms with Gasteiger partial charge >= 0.3 is 0 Å². The topological polar surface area (TPSA) is 63.0 Å². The van der Waals surface area contributed by atoms with Gasteiger partial charge in [0.1, 0.15) is 17.4 Å². The number of nitrogens with one attached hydrogen (secondary N) is 2. The Kier molecular flexibility index (Phi) is 4.58. The number of rotatable bonds is 7. The first-order chi connectivity index (χ1) is 8.88. The third-order valence-electron chi connectivity index (χ3n) is 2.45. The van der Waals surface area contributed by atoms with Crippen LogP contribution in [0.5, 0.6) is 0 Å². The van der Waals surface area contributed by atoms with Crippen LogP contribution in [0.2, 0.25) is 0 Å². The quantitative estimate of drug-likeness (QED) is 0.786. The number of hydrogen-bond acceptors (Lipinski definition) is 5. The molecule has 0 radical (unpaired) electrons. The van der Waals surface area contributed by atoms with Gasteiger partial charge in [0.2, 0.25) is 0 Å². The summed E-state index contributed by atoms with van der Waals surface area (Å²) in [4.78, 5) is 8.56. The highest BCUT2D eigenvalue weighted by Gasteiger charge is 1.99. The van der Waals surface area contributed by atoms with Gasteiger partial charge in [0.25, 0.3) is 0 Å². The predicted octanol–water partition coefficient (Wildman–Crippen LogP) is 2.55. The van der Waals surface area contributed by atoms with Gasteiger partial charge in [0.05, 0.1) is 18.7 Å². The molecule has 0 aliphatic carbocycles. The van der Waals surface area contributed by atoms with Crippen LogP contribution in [0, 0.1) is 0 Å². The maximum atomic E-state index is 5.26. The molecule has 96 valence electrons. The van der Waals surface area contributed by atoms with Gasteiger partial charge in [-0.2, -0.15) is 0 Å². The second kappa shape index (κ2) is 6.64. The second-order valence-electron chi connectivity index (χ2n) is 3.97. The highest BCUT2D eigenvalue weighted by molar-refractivity contribution is 5.41. The van der Waals surface area contributed by atoms with Gasteiger partial charge in [-0.1, -0.05) is 6.92 Å². The van der Waals surface area contributed by atoms with Crippen LogP contribution in [0.3, 0.4) is 0 Å². The lowest BCUT2D eigenvalue weighted by Gasteiger charge is -2.07. The average Bonchev–Trinajstić information content (AvgIpc) is 2.90. The van der Waals surface area contributed by atoms with E-state index in [1.54, 1.807) is 18.7 Å². The molecular weight excluding hydrogens is 228 g/mol. The van der Waals surface area contributed by atoms with E-state index in [0.717, 1.165) is 43.3 Å². The Morgan fingerprint density at radius 1 is 1.17 bits per heavy atom. The van der Waals surface area contributed by atoms with E-state index in [1.165, 1.54) is 0 Å². The summed E-state index contributed by atoms with van der Waals surface area (Å²) in [5, 5.41) is 6.43. The number of aromatic nitrogens is 2. The van der Waals surface area contributed by atoms with E-state index in [-0.39, 0.29) is 0 Å². The Morgan fingerprint density at radius 2 is 1.94 bits per heavy atom. The fourth-order valence-corrected chi connectivity index (χ4v) is 1.56. The van der Waals surface area contributed by atoms with Gasteiger partial charge in [-0.15, -0.1) is 0 Å². The van der Waals surface area contributed by atoms with Crippen molar-refractivity contribution < 1.29 is 4.42 Å². The minimum atomic E-state index is 0.777. The van der Waals surface area contributed by atoms with Crippen molar-refractivity contribution in [3.8, 4) is 0 Å². The Morgan fingerprint density at radius 3 is 2.61 bits per heavy atom. The Hall–Kier alpha value is -2.04. The molecule has 18 heavy (non-hydrogen) atoms. The third kappa shape index (κ3) is 3.76. The maximum absolute atomic E-state index is 5.26. The molecule has 0 saturated heterocycles. The molecule has 2 aromatic heterocycles. The van der Waals surface area contributed by atoms with Crippen LogP contribution in [0.1, 0.15) is 19.1 Å². The van der Waals surface area contributed by atoms with Crippen LogP contribution in [-0.4, -0.2) is 23.1 Å². The van der Waals surface area contributed by atoms with Crippen molar-refractivity contribution in [2.24, 2.45) is 0 Å². The molecule has 2 heterocycles. The van der Waals surface area contributed by atoms with Crippen LogP contribution in [0.4, 0.5) is 11.6 Å². The minimum absolute atomic E-state index is 0.777. The zero-order valence-corrected chi connectivity index (χ0v) is 10.5. The van der Waals surface area contributed by atoms with Gasteiger partial charge in [-0.25, -0.2) is 4.98 Å². The van der Waals surface area contributed by atoms with Crippen molar-refractivity contribution in [2.75, 3.05) is 23.7 Å². The zero-order chi connectivity index (χ0) is 12.6. The fourth-order valence-electron chi connectivity index (χ4n) is 1.56. The van der Waals surface area contributed by atoms with Crippen molar-refractivity contribution in [1.29, 1.82) is 0 Å². The Balaban J connectivity index is 1.81. The minimum Gasteiger partial charge on any atom is -0.469 e. The SMILES string of the molecule is CCCNc1cncc(NCCc2ccco2)n1. The Labute approximate surface area is 107 Å². The van der Waals surface area contributed by atoms with Gasteiger partial charge in [-0.3, -0.25) is 4.98 Å². The van der Waals surface area contributed by atoms with Crippen LogP contribution >= 0.6 is 0 Å². The van der Waals surface area contributed by atoms with E-state index in [0.29, 0.717) is 0 Å². The monoisotopic (exact) mass is 246 g/mol. The molecule has 0 aromatic carbocycles. The predicted molar refractivity (Wildman–Crippen MR) is 71.7 cm³/mol. The van der Waals surface area contributed by atoms with Gasteiger partial charge in [0.15, 0.2) is 0 Å². The van der Waals surface area contributed by atoms with Crippen LogP contribution < -0.4 is 10.6 Å². The first-order valence-electron chi connectivity index (χ1n) is 6.20. The number of nitrogens with zero attached hydrogens (tertiary/aromatic N) is 2. The Bertz CT molecular complexity index is 456. The van der Waals surface area contributed by atoms with Crippen LogP contribution in [-0.2, 0) is 6.42 Å². The average molecular weight is 246 g/mol.